The second-order valence-corrected chi connectivity index (χ2v) is 6.90. The van der Waals surface area contributed by atoms with Gasteiger partial charge in [0, 0.05) is 15.9 Å². The van der Waals surface area contributed by atoms with E-state index in [2.05, 4.69) is 22.6 Å². The molecule has 5 heteroatoms. The molecule has 3 aromatic rings. The quantitative estimate of drug-likeness (QED) is 0.494. The highest BCUT2D eigenvalue weighted by Gasteiger charge is 2.25. The molecule has 2 aromatic carbocycles. The second kappa shape index (κ2) is 6.76. The Morgan fingerprint density at radius 2 is 1.83 bits per heavy atom. The number of hydrogen-bond acceptors (Lipinski definition) is 4. The monoisotopic (exact) mass is 434 g/mol. The van der Waals surface area contributed by atoms with E-state index in [4.69, 9.17) is 4.42 Å². The summed E-state index contributed by atoms with van der Waals surface area (Å²) in [7, 11) is 0. The van der Waals surface area contributed by atoms with E-state index in [1.165, 1.54) is 6.92 Å². The number of ketones is 1. The van der Waals surface area contributed by atoms with Gasteiger partial charge in [0.2, 0.25) is 0 Å². The zero-order valence-electron chi connectivity index (χ0n) is 13.0. The van der Waals surface area contributed by atoms with Gasteiger partial charge in [-0.1, -0.05) is 24.3 Å². The van der Waals surface area contributed by atoms with E-state index in [-0.39, 0.29) is 23.5 Å². The number of carbonyl (C=O) groups is 1. The van der Waals surface area contributed by atoms with Crippen LogP contribution in [0.3, 0.4) is 0 Å². The topological polar surface area (TPSA) is 67.5 Å². The van der Waals surface area contributed by atoms with Gasteiger partial charge in [-0.15, -0.1) is 0 Å². The molecule has 24 heavy (non-hydrogen) atoms. The molecular weight excluding hydrogens is 419 g/mol. The van der Waals surface area contributed by atoms with E-state index in [0.717, 1.165) is 9.13 Å². The molecule has 1 N–H and O–H groups in total. The lowest BCUT2D eigenvalue weighted by Crippen LogP contribution is -2.16. The van der Waals surface area contributed by atoms with E-state index in [1.54, 1.807) is 24.3 Å². The van der Waals surface area contributed by atoms with Crippen LogP contribution in [0.5, 0.6) is 5.75 Å². The number of aromatic hydroxyl groups is 1. The molecule has 0 amide bonds. The molecule has 0 bridgehead atoms. The lowest BCUT2D eigenvalue weighted by atomic mass is 9.87. The van der Waals surface area contributed by atoms with Crippen molar-refractivity contribution >= 4 is 39.3 Å². The molecule has 0 radical (unpaired) electrons. The number of benzene rings is 2. The van der Waals surface area contributed by atoms with E-state index in [1.807, 2.05) is 24.3 Å². The molecule has 0 saturated carbocycles. The lowest BCUT2D eigenvalue weighted by Gasteiger charge is -2.17. The summed E-state index contributed by atoms with van der Waals surface area (Å²) in [6.45, 7) is 1.47. The number of rotatable bonds is 4. The Morgan fingerprint density at radius 3 is 2.50 bits per heavy atom. The normalized spacial score (nSPS) is 12.2. The minimum atomic E-state index is -0.615. The summed E-state index contributed by atoms with van der Waals surface area (Å²) in [6, 6.07) is 14.4. The Hall–Kier alpha value is -2.15. The summed E-state index contributed by atoms with van der Waals surface area (Å²) in [5, 5.41) is 11.1. The van der Waals surface area contributed by atoms with Crippen LogP contribution in [-0.2, 0) is 4.79 Å². The number of Topliss-reactive ketones (excluding diaryl/α,β-unsaturated/α-hetero) is 1. The van der Waals surface area contributed by atoms with Crippen molar-refractivity contribution in [2.45, 2.75) is 19.3 Å². The molecule has 1 unspecified atom stereocenters. The molecule has 0 spiro atoms. The van der Waals surface area contributed by atoms with Gasteiger partial charge in [-0.2, -0.15) is 0 Å². The van der Waals surface area contributed by atoms with Gasteiger partial charge in [-0.05, 0) is 59.3 Å². The number of fused-ring (bicyclic) bond motifs is 1. The summed E-state index contributed by atoms with van der Waals surface area (Å²) in [6.07, 6.45) is 0.122. The van der Waals surface area contributed by atoms with Crippen molar-refractivity contribution in [2.75, 3.05) is 0 Å². The Labute approximate surface area is 152 Å². The summed E-state index contributed by atoms with van der Waals surface area (Å²) in [5.41, 5.74) is 0.637. The molecule has 0 aliphatic carbocycles. The molecule has 0 saturated heterocycles. The standard InChI is InChI=1S/C19H15IO4/c1-11(21)10-15(12-6-8-13(20)9-7-12)17-18(22)14-4-2-3-5-16(14)24-19(17)23/h2-9,15,22H,10H2,1H3. The minimum absolute atomic E-state index is 0.0643. The van der Waals surface area contributed by atoms with E-state index < -0.39 is 11.5 Å². The highest BCUT2D eigenvalue weighted by Crippen LogP contribution is 2.36. The second-order valence-electron chi connectivity index (χ2n) is 5.66. The molecule has 4 nitrogen and oxygen atoms in total. The Bertz CT molecular complexity index is 957. The maximum Gasteiger partial charge on any atom is 0.343 e. The first-order valence-electron chi connectivity index (χ1n) is 7.47. The van der Waals surface area contributed by atoms with Gasteiger partial charge >= 0.3 is 5.63 Å². The van der Waals surface area contributed by atoms with Crippen LogP contribution in [0.2, 0.25) is 0 Å². The Balaban J connectivity index is 2.24. The molecule has 1 heterocycles. The van der Waals surface area contributed by atoms with Gasteiger partial charge in [-0.3, -0.25) is 4.79 Å². The van der Waals surface area contributed by atoms with Crippen molar-refractivity contribution in [1.29, 1.82) is 0 Å². The van der Waals surface area contributed by atoms with Crippen molar-refractivity contribution in [1.82, 2.24) is 0 Å². The molecule has 1 aromatic heterocycles. The van der Waals surface area contributed by atoms with Crippen LogP contribution in [0.15, 0.2) is 57.7 Å². The zero-order valence-corrected chi connectivity index (χ0v) is 15.1. The number of halogens is 1. The highest BCUT2D eigenvalue weighted by atomic mass is 127. The molecule has 3 rings (SSSR count). The first-order chi connectivity index (χ1) is 11.5. The molecule has 1 atom stereocenters. The smallest absolute Gasteiger partial charge is 0.343 e. The third kappa shape index (κ3) is 3.21. The van der Waals surface area contributed by atoms with Crippen LogP contribution < -0.4 is 5.63 Å². The third-order valence-electron chi connectivity index (χ3n) is 3.93. The summed E-state index contributed by atoms with van der Waals surface area (Å²) in [4.78, 5) is 24.2. The summed E-state index contributed by atoms with van der Waals surface area (Å²) < 4.78 is 6.40. The van der Waals surface area contributed by atoms with Crippen molar-refractivity contribution < 1.29 is 14.3 Å². The van der Waals surface area contributed by atoms with Gasteiger partial charge in [0.25, 0.3) is 0 Å². The van der Waals surface area contributed by atoms with Crippen molar-refractivity contribution in [3.63, 3.8) is 0 Å². The Morgan fingerprint density at radius 1 is 1.17 bits per heavy atom. The molecule has 0 aliphatic heterocycles. The molecule has 122 valence electrons. The average Bonchev–Trinajstić information content (AvgIpc) is 2.54. The average molecular weight is 434 g/mol. The van der Waals surface area contributed by atoms with Gasteiger partial charge in [0.15, 0.2) is 0 Å². The number of carbonyl (C=O) groups excluding carboxylic acids is 1. The van der Waals surface area contributed by atoms with Crippen LogP contribution in [0.1, 0.15) is 30.4 Å². The van der Waals surface area contributed by atoms with E-state index >= 15 is 0 Å². The molecular formula is C19H15IO4. The fourth-order valence-electron chi connectivity index (χ4n) is 2.82. The summed E-state index contributed by atoms with van der Waals surface area (Å²) in [5.74, 6) is -0.725. The molecule has 0 aliphatic rings. The van der Waals surface area contributed by atoms with Crippen molar-refractivity contribution in [3.8, 4) is 5.75 Å². The van der Waals surface area contributed by atoms with Crippen LogP contribution in [0.25, 0.3) is 11.0 Å². The maximum atomic E-state index is 12.5. The highest BCUT2D eigenvalue weighted by molar-refractivity contribution is 14.1. The van der Waals surface area contributed by atoms with Gasteiger partial charge in [-0.25, -0.2) is 4.79 Å². The minimum Gasteiger partial charge on any atom is -0.507 e. The van der Waals surface area contributed by atoms with Crippen LogP contribution in [0, 0.1) is 3.57 Å². The fourth-order valence-corrected chi connectivity index (χ4v) is 3.18. The lowest BCUT2D eigenvalue weighted by molar-refractivity contribution is -0.117. The Kier molecular flexibility index (Phi) is 4.71. The predicted molar refractivity (Wildman–Crippen MR) is 100 cm³/mol. The SMILES string of the molecule is CC(=O)CC(c1ccc(I)cc1)c1c(O)c2ccccc2oc1=O. The van der Waals surface area contributed by atoms with Crippen molar-refractivity contribution in [3.05, 3.63) is 73.6 Å². The molecule has 0 fully saturated rings. The van der Waals surface area contributed by atoms with Crippen LogP contribution >= 0.6 is 22.6 Å². The first-order valence-corrected chi connectivity index (χ1v) is 8.55. The predicted octanol–water partition coefficient (Wildman–Crippen LogP) is 4.21. The van der Waals surface area contributed by atoms with E-state index in [9.17, 15) is 14.7 Å². The first kappa shape index (κ1) is 16.7. The summed E-state index contributed by atoms with van der Waals surface area (Å²) >= 11 is 2.19. The van der Waals surface area contributed by atoms with Crippen molar-refractivity contribution in [2.24, 2.45) is 0 Å². The van der Waals surface area contributed by atoms with Gasteiger partial charge < -0.3 is 9.52 Å². The van der Waals surface area contributed by atoms with E-state index in [0.29, 0.717) is 11.0 Å². The maximum absolute atomic E-state index is 12.5. The third-order valence-corrected chi connectivity index (χ3v) is 4.65. The zero-order chi connectivity index (χ0) is 17.3. The van der Waals surface area contributed by atoms with Gasteiger partial charge in [0.1, 0.15) is 17.1 Å². The van der Waals surface area contributed by atoms with Gasteiger partial charge in [0.05, 0.1) is 10.9 Å². The van der Waals surface area contributed by atoms with Crippen LogP contribution in [-0.4, -0.2) is 10.9 Å². The fraction of sp³-hybridized carbons (Fsp3) is 0.158. The largest absolute Gasteiger partial charge is 0.507 e. The number of hydrogen-bond donors (Lipinski definition) is 1. The van der Waals surface area contributed by atoms with Crippen LogP contribution in [0.4, 0.5) is 0 Å². The number of para-hydroxylation sites is 1.